The van der Waals surface area contributed by atoms with E-state index in [0.717, 1.165) is 0 Å². The quantitative estimate of drug-likeness (QED) is 0.158. The summed E-state index contributed by atoms with van der Waals surface area (Å²) in [5.74, 6) is -6.89. The third-order valence-corrected chi connectivity index (χ3v) is 4.22. The predicted molar refractivity (Wildman–Crippen MR) is 101 cm³/mol. The Bertz CT molecular complexity index is 668. The Hall–Kier alpha value is -3.22. The van der Waals surface area contributed by atoms with E-state index >= 15 is 0 Å². The SMILES string of the molecule is CCC(C)C(NC(=O)C(N)CC(=O)O)C(=O)NC(CCC(=O)O)C(=O)NCC(=O)O. The zero-order valence-corrected chi connectivity index (χ0v) is 16.7. The fourth-order valence-corrected chi connectivity index (χ4v) is 2.33. The van der Waals surface area contributed by atoms with Crippen molar-refractivity contribution < 1.29 is 44.1 Å². The highest BCUT2D eigenvalue weighted by Gasteiger charge is 2.31. The minimum atomic E-state index is -1.40. The average Bonchev–Trinajstić information content (AvgIpc) is 2.65. The van der Waals surface area contributed by atoms with Crippen LogP contribution in [0, 0.1) is 5.92 Å². The molecule has 0 spiro atoms. The van der Waals surface area contributed by atoms with Crippen LogP contribution >= 0.6 is 0 Å². The zero-order valence-electron chi connectivity index (χ0n) is 16.7. The summed E-state index contributed by atoms with van der Waals surface area (Å²) in [4.78, 5) is 69.1. The van der Waals surface area contributed by atoms with E-state index in [1.165, 1.54) is 0 Å². The molecule has 0 saturated heterocycles. The molecule has 4 unspecified atom stereocenters. The van der Waals surface area contributed by atoms with Gasteiger partial charge in [-0.2, -0.15) is 0 Å². The normalized spacial score (nSPS) is 14.5. The summed E-state index contributed by atoms with van der Waals surface area (Å²) in [7, 11) is 0. The third kappa shape index (κ3) is 10.4. The zero-order chi connectivity index (χ0) is 23.4. The second kappa shape index (κ2) is 13.1. The summed E-state index contributed by atoms with van der Waals surface area (Å²) in [5, 5.41) is 32.9. The van der Waals surface area contributed by atoms with Gasteiger partial charge in [0.05, 0.1) is 12.5 Å². The molecule has 4 atom stereocenters. The number of hydrogen-bond donors (Lipinski definition) is 7. The lowest BCUT2D eigenvalue weighted by molar-refractivity contribution is -0.141. The van der Waals surface area contributed by atoms with Gasteiger partial charge < -0.3 is 37.0 Å². The average molecular weight is 432 g/mol. The molecule has 0 radical (unpaired) electrons. The van der Waals surface area contributed by atoms with Crippen LogP contribution in [-0.2, 0) is 28.8 Å². The maximum Gasteiger partial charge on any atom is 0.322 e. The second-order valence-electron chi connectivity index (χ2n) is 6.68. The lowest BCUT2D eigenvalue weighted by Gasteiger charge is -2.27. The van der Waals surface area contributed by atoms with Gasteiger partial charge in [0, 0.05) is 6.42 Å². The first-order valence-electron chi connectivity index (χ1n) is 9.18. The van der Waals surface area contributed by atoms with E-state index in [2.05, 4.69) is 16.0 Å². The van der Waals surface area contributed by atoms with Gasteiger partial charge in [0.25, 0.3) is 0 Å². The van der Waals surface area contributed by atoms with Gasteiger partial charge in [0.2, 0.25) is 17.7 Å². The number of carboxylic acid groups (broad SMARTS) is 3. The van der Waals surface area contributed by atoms with E-state index in [1.54, 1.807) is 13.8 Å². The number of carbonyl (C=O) groups excluding carboxylic acids is 3. The molecule has 0 aliphatic rings. The molecule has 0 fully saturated rings. The monoisotopic (exact) mass is 432 g/mol. The van der Waals surface area contributed by atoms with Gasteiger partial charge in [-0.05, 0) is 12.3 Å². The highest BCUT2D eigenvalue weighted by molar-refractivity contribution is 5.94. The smallest absolute Gasteiger partial charge is 0.322 e. The number of carboxylic acids is 3. The molecule has 0 aliphatic heterocycles. The second-order valence-corrected chi connectivity index (χ2v) is 6.68. The molecule has 0 saturated carbocycles. The molecule has 13 nitrogen and oxygen atoms in total. The van der Waals surface area contributed by atoms with Crippen LogP contribution in [0.3, 0.4) is 0 Å². The number of carbonyl (C=O) groups is 6. The van der Waals surface area contributed by atoms with Crippen LogP contribution in [0.1, 0.15) is 39.5 Å². The summed E-state index contributed by atoms with van der Waals surface area (Å²) in [5.41, 5.74) is 5.50. The van der Waals surface area contributed by atoms with Crippen molar-refractivity contribution in [3.63, 3.8) is 0 Å². The molecule has 0 rings (SSSR count). The van der Waals surface area contributed by atoms with E-state index in [-0.39, 0.29) is 6.42 Å². The van der Waals surface area contributed by atoms with Gasteiger partial charge in [-0.25, -0.2) is 0 Å². The summed E-state index contributed by atoms with van der Waals surface area (Å²) >= 11 is 0. The number of aliphatic carboxylic acids is 3. The van der Waals surface area contributed by atoms with Crippen molar-refractivity contribution in [2.24, 2.45) is 11.7 Å². The van der Waals surface area contributed by atoms with Gasteiger partial charge in [-0.3, -0.25) is 28.8 Å². The van der Waals surface area contributed by atoms with Crippen molar-refractivity contribution in [2.75, 3.05) is 6.54 Å². The molecule has 0 aromatic carbocycles. The van der Waals surface area contributed by atoms with Crippen molar-refractivity contribution in [3.8, 4) is 0 Å². The molecular weight excluding hydrogens is 404 g/mol. The molecule has 8 N–H and O–H groups in total. The molecule has 3 amide bonds. The third-order valence-electron chi connectivity index (χ3n) is 4.22. The molecular formula is C17H28N4O9. The number of nitrogens with one attached hydrogen (secondary N) is 3. The topological polar surface area (TPSA) is 225 Å². The van der Waals surface area contributed by atoms with Crippen molar-refractivity contribution >= 4 is 35.6 Å². The minimum absolute atomic E-state index is 0.313. The summed E-state index contributed by atoms with van der Waals surface area (Å²) in [6, 6.07) is -3.94. The van der Waals surface area contributed by atoms with Crippen LogP contribution in [-0.4, -0.2) is 75.6 Å². The van der Waals surface area contributed by atoms with Gasteiger partial charge in [0.1, 0.15) is 18.6 Å². The molecule has 13 heteroatoms. The Kier molecular flexibility index (Phi) is 11.7. The molecule has 0 aromatic heterocycles. The standard InChI is InChI=1S/C17H28N4O9/c1-3-8(2)14(21-15(28)9(18)6-12(24)25)17(30)20-10(4-5-11(22)23)16(29)19-7-13(26)27/h8-10,14H,3-7,18H2,1-2H3,(H,19,29)(H,20,30)(H,21,28)(H,22,23)(H,24,25)(H,26,27). The maximum atomic E-state index is 12.7. The molecule has 30 heavy (non-hydrogen) atoms. The highest BCUT2D eigenvalue weighted by Crippen LogP contribution is 2.10. The van der Waals surface area contributed by atoms with Gasteiger partial charge in [-0.1, -0.05) is 20.3 Å². The van der Waals surface area contributed by atoms with E-state index in [0.29, 0.717) is 6.42 Å². The van der Waals surface area contributed by atoms with Crippen LogP contribution in [0.25, 0.3) is 0 Å². The van der Waals surface area contributed by atoms with Crippen molar-refractivity contribution in [3.05, 3.63) is 0 Å². The summed E-state index contributed by atoms with van der Waals surface area (Å²) < 4.78 is 0. The molecule has 170 valence electrons. The van der Waals surface area contributed by atoms with Crippen LogP contribution < -0.4 is 21.7 Å². The van der Waals surface area contributed by atoms with Crippen LogP contribution in [0.4, 0.5) is 0 Å². The Morgan fingerprint density at radius 2 is 1.47 bits per heavy atom. The first-order valence-corrected chi connectivity index (χ1v) is 9.18. The maximum absolute atomic E-state index is 12.7. The van der Waals surface area contributed by atoms with Crippen molar-refractivity contribution in [2.45, 2.75) is 57.7 Å². The fourth-order valence-electron chi connectivity index (χ4n) is 2.33. The Balaban J connectivity index is 5.36. The van der Waals surface area contributed by atoms with E-state index in [9.17, 15) is 28.8 Å². The van der Waals surface area contributed by atoms with Crippen molar-refractivity contribution in [1.82, 2.24) is 16.0 Å². The van der Waals surface area contributed by atoms with Crippen LogP contribution in [0.5, 0.6) is 0 Å². The fraction of sp³-hybridized carbons (Fsp3) is 0.647. The lowest BCUT2D eigenvalue weighted by atomic mass is 9.97. The largest absolute Gasteiger partial charge is 0.481 e. The number of rotatable bonds is 14. The molecule has 0 bridgehead atoms. The summed E-state index contributed by atoms with van der Waals surface area (Å²) in [6.45, 7) is 2.63. The van der Waals surface area contributed by atoms with E-state index in [4.69, 9.17) is 21.1 Å². The lowest BCUT2D eigenvalue weighted by Crippen LogP contribution is -2.58. The van der Waals surface area contributed by atoms with Crippen LogP contribution in [0.15, 0.2) is 0 Å². The predicted octanol–water partition coefficient (Wildman–Crippen LogP) is -2.13. The van der Waals surface area contributed by atoms with Gasteiger partial charge in [0.15, 0.2) is 0 Å². The van der Waals surface area contributed by atoms with E-state index in [1.807, 2.05) is 0 Å². The molecule has 0 aromatic rings. The van der Waals surface area contributed by atoms with Gasteiger partial charge >= 0.3 is 17.9 Å². The number of amides is 3. The van der Waals surface area contributed by atoms with Crippen LogP contribution in [0.2, 0.25) is 0 Å². The highest BCUT2D eigenvalue weighted by atomic mass is 16.4. The Morgan fingerprint density at radius 1 is 0.867 bits per heavy atom. The first-order chi connectivity index (χ1) is 13.9. The Morgan fingerprint density at radius 3 is 1.93 bits per heavy atom. The molecule has 0 aliphatic carbocycles. The molecule has 0 heterocycles. The van der Waals surface area contributed by atoms with Crippen molar-refractivity contribution in [1.29, 1.82) is 0 Å². The number of nitrogens with two attached hydrogens (primary N) is 1. The minimum Gasteiger partial charge on any atom is -0.481 e. The van der Waals surface area contributed by atoms with Gasteiger partial charge in [-0.15, -0.1) is 0 Å². The van der Waals surface area contributed by atoms with E-state index < -0.39 is 79.1 Å². The summed E-state index contributed by atoms with van der Waals surface area (Å²) in [6.07, 6.45) is -1.02. The Labute approximate surface area is 172 Å². The number of hydrogen-bond acceptors (Lipinski definition) is 7. The first kappa shape index (κ1) is 26.8.